The van der Waals surface area contributed by atoms with Crippen molar-refractivity contribution < 1.29 is 19.0 Å². The molecule has 6 N–H and O–H groups in total. The highest BCUT2D eigenvalue weighted by Crippen LogP contribution is 2.48. The average Bonchev–Trinajstić information content (AvgIpc) is 2.72. The first-order valence-electron chi connectivity index (χ1n) is 11.5. The van der Waals surface area contributed by atoms with E-state index in [4.69, 9.17) is 31.4 Å². The molecule has 0 radical (unpaired) electrons. The fourth-order valence-electron chi connectivity index (χ4n) is 5.09. The molecule has 0 amide bonds. The first-order valence-corrected chi connectivity index (χ1v) is 11.5. The summed E-state index contributed by atoms with van der Waals surface area (Å²) in [4.78, 5) is 15.1. The van der Waals surface area contributed by atoms with Crippen LogP contribution in [0.4, 0.5) is 0 Å². The molecule has 2 aliphatic rings. The third kappa shape index (κ3) is 4.46. The first kappa shape index (κ1) is 24.8. The van der Waals surface area contributed by atoms with Crippen molar-refractivity contribution in [3.05, 3.63) is 23.3 Å². The Morgan fingerprint density at radius 2 is 1.78 bits per heavy atom. The number of nitrogens with two attached hydrogens (primary N) is 3. The van der Waals surface area contributed by atoms with Gasteiger partial charge in [-0.05, 0) is 47.9 Å². The zero-order valence-electron chi connectivity index (χ0n) is 20.3. The minimum absolute atomic E-state index is 0.0475. The molecule has 0 spiro atoms. The normalized spacial score (nSPS) is 28.8. The minimum Gasteiger partial charge on any atom is -0.493 e. The van der Waals surface area contributed by atoms with E-state index in [2.05, 4.69) is 18.7 Å². The number of methoxy groups -OCH3 is 2. The number of nitrogens with zero attached hydrogens (tertiary/aromatic N) is 1. The van der Waals surface area contributed by atoms with Crippen LogP contribution in [0.1, 0.15) is 51.7 Å². The summed E-state index contributed by atoms with van der Waals surface area (Å²) in [7, 11) is 3.23. The van der Waals surface area contributed by atoms with Gasteiger partial charge in [-0.1, -0.05) is 27.7 Å². The summed E-state index contributed by atoms with van der Waals surface area (Å²) in [6.45, 7) is 9.52. The lowest BCUT2D eigenvalue weighted by Crippen LogP contribution is -2.71. The summed E-state index contributed by atoms with van der Waals surface area (Å²) in [5.41, 5.74) is 20.0. The van der Waals surface area contributed by atoms with E-state index < -0.39 is 23.4 Å². The predicted molar refractivity (Wildman–Crippen MR) is 124 cm³/mol. The van der Waals surface area contributed by atoms with Crippen LogP contribution in [0.5, 0.6) is 11.5 Å². The Labute approximate surface area is 191 Å². The monoisotopic (exact) mass is 448 g/mol. The number of carbonyl (C=O) groups excluding carboxylic acids is 1. The second kappa shape index (κ2) is 9.17. The van der Waals surface area contributed by atoms with E-state index in [1.165, 1.54) is 0 Å². The molecule has 1 saturated heterocycles. The zero-order chi connectivity index (χ0) is 23.8. The summed E-state index contributed by atoms with van der Waals surface area (Å²) in [5, 5.41) is 0. The van der Waals surface area contributed by atoms with E-state index >= 15 is 0 Å². The Morgan fingerprint density at radius 3 is 2.34 bits per heavy atom. The fourth-order valence-corrected chi connectivity index (χ4v) is 5.09. The molecule has 180 valence electrons. The molecular weight excluding hydrogens is 408 g/mol. The molecule has 4 atom stereocenters. The van der Waals surface area contributed by atoms with E-state index in [0.717, 1.165) is 30.5 Å². The molecule has 32 heavy (non-hydrogen) atoms. The number of esters is 1. The molecule has 8 nitrogen and oxygen atoms in total. The number of benzene rings is 1. The van der Waals surface area contributed by atoms with E-state index in [0.29, 0.717) is 24.0 Å². The zero-order valence-corrected chi connectivity index (χ0v) is 20.3. The van der Waals surface area contributed by atoms with E-state index in [9.17, 15) is 4.79 Å². The van der Waals surface area contributed by atoms with Gasteiger partial charge >= 0.3 is 5.97 Å². The van der Waals surface area contributed by atoms with Gasteiger partial charge in [-0.15, -0.1) is 0 Å². The highest BCUT2D eigenvalue weighted by atomic mass is 16.6. The van der Waals surface area contributed by atoms with Crippen molar-refractivity contribution >= 4 is 5.97 Å². The molecule has 1 aromatic carbocycles. The van der Waals surface area contributed by atoms with Crippen molar-refractivity contribution in [2.45, 2.75) is 64.4 Å². The maximum atomic E-state index is 12.9. The molecule has 0 aromatic heterocycles. The van der Waals surface area contributed by atoms with Gasteiger partial charge in [0.15, 0.2) is 17.2 Å². The van der Waals surface area contributed by atoms with Crippen LogP contribution in [0.3, 0.4) is 0 Å². The van der Waals surface area contributed by atoms with Crippen molar-refractivity contribution in [1.29, 1.82) is 0 Å². The molecule has 2 heterocycles. The van der Waals surface area contributed by atoms with Crippen molar-refractivity contribution in [1.82, 2.24) is 4.90 Å². The van der Waals surface area contributed by atoms with Crippen LogP contribution >= 0.6 is 0 Å². The smallest absolute Gasteiger partial charge is 0.324 e. The number of hydrogen-bond donors (Lipinski definition) is 3. The van der Waals surface area contributed by atoms with Gasteiger partial charge in [0.25, 0.3) is 0 Å². The standard InChI is InChI=1S/C24H40N4O4/c1-14(2)9-17-12-28-8-7-16-10-19(30-5)20(31-6)11-18(16)23(28,26)13-24(17,27)32-22(29)21(25)15(3)4/h10-11,14-15,17,21H,7-9,12-13,25-27H2,1-6H3. The van der Waals surface area contributed by atoms with Crippen LogP contribution in [0.25, 0.3) is 0 Å². The Balaban J connectivity index is 2.03. The van der Waals surface area contributed by atoms with E-state index in [1.54, 1.807) is 14.2 Å². The van der Waals surface area contributed by atoms with Crippen molar-refractivity contribution in [3.63, 3.8) is 0 Å². The first-order chi connectivity index (χ1) is 14.9. The number of fused-ring (bicyclic) bond motifs is 3. The summed E-state index contributed by atoms with van der Waals surface area (Å²) in [5.74, 6) is 1.11. The Kier molecular flexibility index (Phi) is 7.10. The number of ether oxygens (including phenoxy) is 3. The predicted octanol–water partition coefficient (Wildman–Crippen LogP) is 1.92. The highest BCUT2D eigenvalue weighted by molar-refractivity contribution is 5.76. The van der Waals surface area contributed by atoms with E-state index in [1.807, 2.05) is 26.0 Å². The molecule has 8 heteroatoms. The van der Waals surface area contributed by atoms with Crippen LogP contribution in [0.15, 0.2) is 12.1 Å². The third-order valence-corrected chi connectivity index (χ3v) is 7.01. The van der Waals surface area contributed by atoms with E-state index in [-0.39, 0.29) is 18.3 Å². The Hall–Kier alpha value is -1.87. The summed E-state index contributed by atoms with van der Waals surface area (Å²) in [6, 6.07) is 3.19. The van der Waals surface area contributed by atoms with Crippen LogP contribution < -0.4 is 26.7 Å². The Bertz CT molecular complexity index is 846. The second-order valence-corrected chi connectivity index (χ2v) is 10.1. The SMILES string of the molecule is COc1cc2c(cc1OC)C1(N)CC(N)(OC(=O)C(N)C(C)C)C(CC(C)C)CN1CC2. The van der Waals surface area contributed by atoms with Crippen LogP contribution in [-0.2, 0) is 21.6 Å². The van der Waals surface area contributed by atoms with Gasteiger partial charge in [0.05, 0.1) is 14.2 Å². The van der Waals surface area contributed by atoms with Gasteiger partial charge < -0.3 is 25.7 Å². The van der Waals surface area contributed by atoms with Crippen LogP contribution in [-0.4, -0.2) is 49.9 Å². The highest BCUT2D eigenvalue weighted by Gasteiger charge is 2.55. The minimum atomic E-state index is -1.22. The molecule has 4 unspecified atom stereocenters. The number of carbonyl (C=O) groups is 1. The quantitative estimate of drug-likeness (QED) is 0.427. The molecule has 0 bridgehead atoms. The summed E-state index contributed by atoms with van der Waals surface area (Å²) >= 11 is 0. The molecule has 0 aliphatic carbocycles. The topological polar surface area (TPSA) is 126 Å². The van der Waals surface area contributed by atoms with Gasteiger partial charge in [0.2, 0.25) is 0 Å². The molecule has 3 rings (SSSR count). The number of hydrogen-bond acceptors (Lipinski definition) is 8. The van der Waals surface area contributed by atoms with Crippen molar-refractivity contribution in [3.8, 4) is 11.5 Å². The van der Waals surface area contributed by atoms with Gasteiger partial charge in [-0.2, -0.15) is 0 Å². The molecule has 1 aromatic rings. The molecule has 2 aliphatic heterocycles. The fraction of sp³-hybridized carbons (Fsp3) is 0.708. The summed E-state index contributed by atoms with van der Waals surface area (Å²) < 4.78 is 17.0. The number of rotatable bonds is 7. The number of piperidine rings is 1. The maximum absolute atomic E-state index is 12.9. The lowest BCUT2D eigenvalue weighted by atomic mass is 9.72. The van der Waals surface area contributed by atoms with Crippen LogP contribution in [0, 0.1) is 17.8 Å². The van der Waals surface area contributed by atoms with Gasteiger partial charge in [0.1, 0.15) is 11.7 Å². The van der Waals surface area contributed by atoms with Gasteiger partial charge in [-0.3, -0.25) is 15.4 Å². The van der Waals surface area contributed by atoms with Crippen molar-refractivity contribution in [2.24, 2.45) is 35.0 Å². The molecule has 1 fully saturated rings. The maximum Gasteiger partial charge on any atom is 0.324 e. The molecule has 0 saturated carbocycles. The summed E-state index contributed by atoms with van der Waals surface area (Å²) in [6.07, 6.45) is 1.95. The van der Waals surface area contributed by atoms with Gasteiger partial charge in [-0.25, -0.2) is 0 Å². The largest absolute Gasteiger partial charge is 0.493 e. The lowest BCUT2D eigenvalue weighted by molar-refractivity contribution is -0.191. The Morgan fingerprint density at radius 1 is 1.16 bits per heavy atom. The van der Waals surface area contributed by atoms with Crippen molar-refractivity contribution in [2.75, 3.05) is 27.3 Å². The van der Waals surface area contributed by atoms with Gasteiger partial charge in [0, 0.05) is 25.4 Å². The molecular formula is C24H40N4O4. The lowest BCUT2D eigenvalue weighted by Gasteiger charge is -2.56. The van der Waals surface area contributed by atoms with Crippen LogP contribution in [0.2, 0.25) is 0 Å². The average molecular weight is 449 g/mol. The second-order valence-electron chi connectivity index (χ2n) is 10.1. The third-order valence-electron chi connectivity index (χ3n) is 7.01.